The first-order valence-electron chi connectivity index (χ1n) is 6.66. The number of rotatable bonds is 3. The van der Waals surface area contributed by atoms with Crippen LogP contribution in [0.5, 0.6) is 0 Å². The van der Waals surface area contributed by atoms with Gasteiger partial charge in [0.1, 0.15) is 5.82 Å². The monoisotopic (exact) mass is 306 g/mol. The molecule has 0 spiro atoms. The quantitative estimate of drug-likeness (QED) is 0.809. The van der Waals surface area contributed by atoms with Gasteiger partial charge in [0.2, 0.25) is 0 Å². The molecule has 0 aliphatic rings. The van der Waals surface area contributed by atoms with E-state index < -0.39 is 11.7 Å². The highest BCUT2D eigenvalue weighted by Gasteiger charge is 2.30. The molecule has 0 saturated carbocycles. The van der Waals surface area contributed by atoms with Crippen LogP contribution in [0.1, 0.15) is 22.5 Å². The van der Waals surface area contributed by atoms with Crippen LogP contribution in [0.4, 0.5) is 13.2 Å². The summed E-state index contributed by atoms with van der Waals surface area (Å²) >= 11 is 0. The lowest BCUT2D eigenvalue weighted by atomic mass is 10.1. The van der Waals surface area contributed by atoms with Crippen LogP contribution in [-0.2, 0) is 19.1 Å². The average molecular weight is 306 g/mol. The number of benzene rings is 1. The molecule has 3 rings (SSSR count). The summed E-state index contributed by atoms with van der Waals surface area (Å²) in [4.78, 5) is 0. The summed E-state index contributed by atoms with van der Waals surface area (Å²) in [6, 6.07) is 8.85. The molecule has 1 aromatic carbocycles. The van der Waals surface area contributed by atoms with Crippen molar-refractivity contribution >= 4 is 5.65 Å². The zero-order chi connectivity index (χ0) is 15.7. The van der Waals surface area contributed by atoms with Crippen molar-refractivity contribution in [3.63, 3.8) is 0 Å². The van der Waals surface area contributed by atoms with Crippen LogP contribution in [0, 0.1) is 0 Å². The molecule has 0 bridgehead atoms. The Morgan fingerprint density at radius 1 is 1.05 bits per heavy atom. The number of aromatic nitrogens is 3. The molecule has 0 amide bonds. The molecule has 0 aliphatic carbocycles. The van der Waals surface area contributed by atoms with E-state index in [0.717, 1.165) is 17.7 Å². The van der Waals surface area contributed by atoms with Gasteiger partial charge in [0.05, 0.1) is 5.56 Å². The van der Waals surface area contributed by atoms with Gasteiger partial charge in [-0.1, -0.05) is 24.3 Å². The third kappa shape index (κ3) is 2.80. The topological polar surface area (TPSA) is 56.2 Å². The van der Waals surface area contributed by atoms with Crippen LogP contribution in [0.3, 0.4) is 0 Å². The first-order valence-corrected chi connectivity index (χ1v) is 6.66. The van der Waals surface area contributed by atoms with E-state index in [0.29, 0.717) is 23.6 Å². The Balaban J connectivity index is 1.96. The lowest BCUT2D eigenvalue weighted by molar-refractivity contribution is -0.137. The van der Waals surface area contributed by atoms with Crippen LogP contribution in [0.15, 0.2) is 42.6 Å². The lowest BCUT2D eigenvalue weighted by Crippen LogP contribution is -2.06. The van der Waals surface area contributed by atoms with Gasteiger partial charge >= 0.3 is 6.18 Å². The van der Waals surface area contributed by atoms with Gasteiger partial charge in [-0.05, 0) is 23.3 Å². The molecule has 22 heavy (non-hydrogen) atoms. The van der Waals surface area contributed by atoms with Crippen molar-refractivity contribution < 1.29 is 13.2 Å². The van der Waals surface area contributed by atoms with E-state index in [-0.39, 0.29) is 6.42 Å². The second-order valence-corrected chi connectivity index (χ2v) is 4.96. The van der Waals surface area contributed by atoms with E-state index in [9.17, 15) is 13.2 Å². The van der Waals surface area contributed by atoms with Gasteiger partial charge in [0, 0.05) is 19.2 Å². The molecule has 2 heterocycles. The number of alkyl halides is 3. The highest BCUT2D eigenvalue weighted by molar-refractivity contribution is 5.40. The first kappa shape index (κ1) is 14.5. The maximum Gasteiger partial charge on any atom is 0.416 e. The maximum absolute atomic E-state index is 12.8. The van der Waals surface area contributed by atoms with Crippen molar-refractivity contribution in [3.05, 3.63) is 65.1 Å². The van der Waals surface area contributed by atoms with E-state index in [1.807, 2.05) is 6.07 Å². The molecule has 114 valence electrons. The molecule has 3 aromatic rings. The van der Waals surface area contributed by atoms with E-state index in [4.69, 9.17) is 5.73 Å². The fourth-order valence-electron chi connectivity index (χ4n) is 2.26. The van der Waals surface area contributed by atoms with Gasteiger partial charge in [-0.2, -0.15) is 13.2 Å². The van der Waals surface area contributed by atoms with Crippen LogP contribution in [-0.4, -0.2) is 14.6 Å². The zero-order valence-electron chi connectivity index (χ0n) is 11.5. The van der Waals surface area contributed by atoms with E-state index in [1.54, 1.807) is 22.7 Å². The van der Waals surface area contributed by atoms with Crippen molar-refractivity contribution in [2.45, 2.75) is 19.1 Å². The average Bonchev–Trinajstić information content (AvgIpc) is 2.89. The Morgan fingerprint density at radius 2 is 1.86 bits per heavy atom. The fraction of sp³-hybridized carbons (Fsp3) is 0.200. The Bertz CT molecular complexity index is 808. The molecule has 0 radical (unpaired) electrons. The second kappa shape index (κ2) is 5.42. The molecule has 2 N–H and O–H groups in total. The molecule has 0 atom stereocenters. The highest BCUT2D eigenvalue weighted by atomic mass is 19.4. The minimum atomic E-state index is -4.35. The number of pyridine rings is 1. The Hall–Kier alpha value is -2.41. The zero-order valence-corrected chi connectivity index (χ0v) is 11.5. The number of fused-ring (bicyclic) bond motifs is 1. The Morgan fingerprint density at radius 3 is 2.59 bits per heavy atom. The second-order valence-electron chi connectivity index (χ2n) is 4.96. The number of halogens is 3. The third-order valence-corrected chi connectivity index (χ3v) is 3.39. The molecular formula is C15H13F3N4. The van der Waals surface area contributed by atoms with Crippen LogP contribution in [0.2, 0.25) is 0 Å². The van der Waals surface area contributed by atoms with Gasteiger partial charge in [-0.15, -0.1) is 10.2 Å². The molecular weight excluding hydrogens is 293 g/mol. The summed E-state index contributed by atoms with van der Waals surface area (Å²) in [5, 5.41) is 8.06. The summed E-state index contributed by atoms with van der Waals surface area (Å²) in [5.74, 6) is 0.574. The minimum Gasteiger partial charge on any atom is -0.326 e. The van der Waals surface area contributed by atoms with E-state index in [1.165, 1.54) is 6.07 Å². The predicted octanol–water partition coefficient (Wildman–Crippen LogP) is 2.80. The molecule has 0 unspecified atom stereocenters. The van der Waals surface area contributed by atoms with Crippen molar-refractivity contribution in [3.8, 4) is 0 Å². The van der Waals surface area contributed by atoms with Crippen LogP contribution in [0.25, 0.3) is 5.65 Å². The first-order chi connectivity index (χ1) is 10.5. The molecule has 0 saturated heterocycles. The normalized spacial score (nSPS) is 12.0. The van der Waals surface area contributed by atoms with Gasteiger partial charge in [-0.25, -0.2) is 0 Å². The summed E-state index contributed by atoms with van der Waals surface area (Å²) in [6.45, 7) is 0.372. The molecule has 0 fully saturated rings. The SMILES string of the molecule is NCc1ccc2nnc(Cc3cccc(C(F)(F)F)c3)n2c1. The molecule has 7 heteroatoms. The molecule has 2 aromatic heterocycles. The van der Waals surface area contributed by atoms with Gasteiger partial charge in [0.15, 0.2) is 5.65 Å². The number of nitrogens with zero attached hydrogens (tertiary/aromatic N) is 3. The van der Waals surface area contributed by atoms with Crippen molar-refractivity contribution in [2.24, 2.45) is 5.73 Å². The maximum atomic E-state index is 12.8. The van der Waals surface area contributed by atoms with Gasteiger partial charge < -0.3 is 5.73 Å². The summed E-state index contributed by atoms with van der Waals surface area (Å²) in [5.41, 5.74) is 7.00. The Kier molecular flexibility index (Phi) is 3.58. The predicted molar refractivity (Wildman–Crippen MR) is 75.1 cm³/mol. The number of hydrogen-bond donors (Lipinski definition) is 1. The van der Waals surface area contributed by atoms with E-state index >= 15 is 0 Å². The van der Waals surface area contributed by atoms with Crippen molar-refractivity contribution in [1.29, 1.82) is 0 Å². The highest BCUT2D eigenvalue weighted by Crippen LogP contribution is 2.29. The lowest BCUT2D eigenvalue weighted by Gasteiger charge is -2.08. The van der Waals surface area contributed by atoms with Crippen LogP contribution >= 0.6 is 0 Å². The van der Waals surface area contributed by atoms with Crippen LogP contribution < -0.4 is 5.73 Å². The van der Waals surface area contributed by atoms with Crippen molar-refractivity contribution in [1.82, 2.24) is 14.6 Å². The third-order valence-electron chi connectivity index (χ3n) is 3.39. The van der Waals surface area contributed by atoms with Crippen molar-refractivity contribution in [2.75, 3.05) is 0 Å². The van der Waals surface area contributed by atoms with Gasteiger partial charge in [0.25, 0.3) is 0 Å². The fourth-order valence-corrected chi connectivity index (χ4v) is 2.26. The standard InChI is InChI=1S/C15H13F3N4/c16-15(17,18)12-3-1-2-10(6-12)7-14-21-20-13-5-4-11(8-19)9-22(13)14/h1-6,9H,7-8,19H2. The van der Waals surface area contributed by atoms with Gasteiger partial charge in [-0.3, -0.25) is 4.40 Å². The summed E-state index contributed by atoms with van der Waals surface area (Å²) in [7, 11) is 0. The smallest absolute Gasteiger partial charge is 0.326 e. The molecule has 4 nitrogen and oxygen atoms in total. The number of hydrogen-bond acceptors (Lipinski definition) is 3. The minimum absolute atomic E-state index is 0.263. The number of nitrogens with two attached hydrogens (primary N) is 1. The summed E-state index contributed by atoms with van der Waals surface area (Å²) in [6.07, 6.45) is -2.28. The largest absolute Gasteiger partial charge is 0.416 e. The summed E-state index contributed by atoms with van der Waals surface area (Å²) < 4.78 is 40.0. The molecule has 0 aliphatic heterocycles. The Labute approximate surface area is 124 Å². The van der Waals surface area contributed by atoms with E-state index in [2.05, 4.69) is 10.2 Å².